The van der Waals surface area contributed by atoms with E-state index in [1.165, 1.54) is 7.11 Å². The van der Waals surface area contributed by atoms with E-state index in [2.05, 4.69) is 0 Å². The molecule has 2 rings (SSSR count). The monoisotopic (exact) mass is 282 g/mol. The maximum absolute atomic E-state index is 10.1. The Kier molecular flexibility index (Phi) is 4.78. The van der Waals surface area contributed by atoms with Crippen LogP contribution in [-0.4, -0.2) is 47.5 Å². The fourth-order valence-corrected chi connectivity index (χ4v) is 2.50. The van der Waals surface area contributed by atoms with Crippen molar-refractivity contribution < 1.29 is 24.4 Å². The predicted molar refractivity (Wildman–Crippen MR) is 73.0 cm³/mol. The highest BCUT2D eigenvalue weighted by Crippen LogP contribution is 2.32. The Hall–Kier alpha value is -0.980. The summed E-state index contributed by atoms with van der Waals surface area (Å²) in [5.74, 6) is 0. The van der Waals surface area contributed by atoms with Crippen molar-refractivity contribution in [3.05, 3.63) is 35.9 Å². The average Bonchev–Trinajstić information content (AvgIpc) is 2.43. The second-order valence-electron chi connectivity index (χ2n) is 5.52. The molecule has 4 atom stereocenters. The molecule has 1 heterocycles. The van der Waals surface area contributed by atoms with Gasteiger partial charge in [0, 0.05) is 7.11 Å². The first kappa shape index (κ1) is 15.4. The molecule has 0 radical (unpaired) electrons. The van der Waals surface area contributed by atoms with Crippen molar-refractivity contribution in [2.75, 3.05) is 7.11 Å². The van der Waals surface area contributed by atoms with Gasteiger partial charge in [0.1, 0.15) is 18.3 Å². The van der Waals surface area contributed by atoms with Crippen molar-refractivity contribution in [1.29, 1.82) is 0 Å². The normalized spacial score (nSPS) is 33.0. The highest BCUT2D eigenvalue weighted by Gasteiger charge is 2.49. The molecule has 1 aromatic rings. The summed E-state index contributed by atoms with van der Waals surface area (Å²) in [7, 11) is 1.48. The van der Waals surface area contributed by atoms with Crippen molar-refractivity contribution in [2.45, 2.75) is 50.7 Å². The second kappa shape index (κ2) is 6.20. The van der Waals surface area contributed by atoms with Gasteiger partial charge in [0.05, 0.1) is 12.2 Å². The van der Waals surface area contributed by atoms with Crippen LogP contribution in [0, 0.1) is 0 Å². The van der Waals surface area contributed by atoms with Gasteiger partial charge in [0.2, 0.25) is 0 Å². The molecule has 1 fully saturated rings. The van der Waals surface area contributed by atoms with Gasteiger partial charge in [-0.05, 0) is 19.4 Å². The number of hydrogen-bond acceptors (Lipinski definition) is 5. The molecule has 2 N–H and O–H groups in total. The van der Waals surface area contributed by atoms with E-state index < -0.39 is 30.2 Å². The number of hydrogen-bond donors (Lipinski definition) is 2. The molecule has 1 aliphatic heterocycles. The molecular weight excluding hydrogens is 260 g/mol. The Morgan fingerprint density at radius 3 is 2.40 bits per heavy atom. The summed E-state index contributed by atoms with van der Waals surface area (Å²) >= 11 is 0. The smallest absolute Gasteiger partial charge is 0.187 e. The molecule has 1 aliphatic rings. The van der Waals surface area contributed by atoms with Crippen LogP contribution in [0.3, 0.4) is 0 Å². The molecule has 5 heteroatoms. The van der Waals surface area contributed by atoms with E-state index in [4.69, 9.17) is 14.2 Å². The number of benzene rings is 1. The summed E-state index contributed by atoms with van der Waals surface area (Å²) in [6, 6.07) is 9.60. The summed E-state index contributed by atoms with van der Waals surface area (Å²) in [6.07, 6.45) is -3.68. The Morgan fingerprint density at radius 1 is 1.15 bits per heavy atom. The molecule has 0 saturated carbocycles. The second-order valence-corrected chi connectivity index (χ2v) is 5.52. The maximum Gasteiger partial charge on any atom is 0.187 e. The van der Waals surface area contributed by atoms with Crippen molar-refractivity contribution >= 4 is 0 Å². The zero-order valence-electron chi connectivity index (χ0n) is 12.0. The van der Waals surface area contributed by atoms with Crippen molar-refractivity contribution in [3.8, 4) is 0 Å². The number of rotatable bonds is 4. The van der Waals surface area contributed by atoms with Gasteiger partial charge >= 0.3 is 0 Å². The minimum absolute atomic E-state index is 0.309. The largest absolute Gasteiger partial charge is 0.387 e. The molecule has 20 heavy (non-hydrogen) atoms. The molecule has 0 bridgehead atoms. The standard InChI is InChI=1S/C15H22O5/c1-15(2)13(18-3)11(16)12(17)14(20-15)19-9-10-7-5-4-6-8-10/h4-8,11-14,16-17H,9H2,1-3H3/t11-,12+,13+,14?/m0/s1. The van der Waals surface area contributed by atoms with Crippen LogP contribution >= 0.6 is 0 Å². The Labute approximate surface area is 119 Å². The van der Waals surface area contributed by atoms with Gasteiger partial charge in [0.15, 0.2) is 6.29 Å². The highest BCUT2D eigenvalue weighted by atomic mass is 16.7. The van der Waals surface area contributed by atoms with Gasteiger partial charge in [-0.1, -0.05) is 30.3 Å². The van der Waals surface area contributed by atoms with Crippen LogP contribution in [0.2, 0.25) is 0 Å². The molecule has 5 nitrogen and oxygen atoms in total. The lowest BCUT2D eigenvalue weighted by Crippen LogP contribution is -2.63. The van der Waals surface area contributed by atoms with E-state index in [0.29, 0.717) is 6.61 Å². The molecule has 0 spiro atoms. The minimum Gasteiger partial charge on any atom is -0.387 e. The predicted octanol–water partition coefficient (Wildman–Crippen LogP) is 1.07. The third-order valence-corrected chi connectivity index (χ3v) is 3.56. The first-order valence-electron chi connectivity index (χ1n) is 6.68. The number of ether oxygens (including phenoxy) is 3. The summed E-state index contributed by atoms with van der Waals surface area (Å²) in [4.78, 5) is 0. The van der Waals surface area contributed by atoms with Crippen LogP contribution in [-0.2, 0) is 20.8 Å². The van der Waals surface area contributed by atoms with E-state index in [-0.39, 0.29) is 0 Å². The molecule has 0 amide bonds. The van der Waals surface area contributed by atoms with E-state index in [0.717, 1.165) is 5.56 Å². The molecule has 1 aromatic carbocycles. The van der Waals surface area contributed by atoms with Crippen molar-refractivity contribution in [2.24, 2.45) is 0 Å². The summed E-state index contributed by atoms with van der Waals surface area (Å²) in [6.45, 7) is 3.91. The van der Waals surface area contributed by atoms with E-state index >= 15 is 0 Å². The first-order chi connectivity index (χ1) is 9.45. The lowest BCUT2D eigenvalue weighted by Gasteiger charge is -2.46. The number of aliphatic hydroxyl groups excluding tert-OH is 2. The van der Waals surface area contributed by atoms with Gasteiger partial charge in [-0.25, -0.2) is 0 Å². The molecule has 1 unspecified atom stereocenters. The van der Waals surface area contributed by atoms with E-state index in [1.54, 1.807) is 13.8 Å². The van der Waals surface area contributed by atoms with Gasteiger partial charge < -0.3 is 24.4 Å². The van der Waals surface area contributed by atoms with Crippen molar-refractivity contribution in [3.63, 3.8) is 0 Å². The molecule has 112 valence electrons. The lowest BCUT2D eigenvalue weighted by molar-refractivity contribution is -0.329. The minimum atomic E-state index is -1.14. The SMILES string of the molecule is CO[C@@H]1[C@@H](O)[C@@H](O)C(OCc2ccccc2)OC1(C)C. The van der Waals surface area contributed by atoms with Gasteiger partial charge in [-0.3, -0.25) is 0 Å². The zero-order chi connectivity index (χ0) is 14.8. The summed E-state index contributed by atoms with van der Waals surface area (Å²) in [5.41, 5.74) is 0.235. The van der Waals surface area contributed by atoms with Crippen molar-refractivity contribution in [1.82, 2.24) is 0 Å². The number of aliphatic hydroxyl groups is 2. The quantitative estimate of drug-likeness (QED) is 0.865. The first-order valence-corrected chi connectivity index (χ1v) is 6.68. The Bertz CT molecular complexity index is 420. The van der Waals surface area contributed by atoms with Crippen LogP contribution in [0.5, 0.6) is 0 Å². The average molecular weight is 282 g/mol. The van der Waals surface area contributed by atoms with Crippen LogP contribution in [0.25, 0.3) is 0 Å². The van der Waals surface area contributed by atoms with Crippen LogP contribution in [0.15, 0.2) is 30.3 Å². The van der Waals surface area contributed by atoms with Gasteiger partial charge in [-0.2, -0.15) is 0 Å². The number of methoxy groups -OCH3 is 1. The fraction of sp³-hybridized carbons (Fsp3) is 0.600. The molecule has 0 aromatic heterocycles. The topological polar surface area (TPSA) is 68.2 Å². The Morgan fingerprint density at radius 2 is 1.80 bits per heavy atom. The molecule has 0 aliphatic carbocycles. The summed E-state index contributed by atoms with van der Waals surface area (Å²) in [5, 5.41) is 20.2. The van der Waals surface area contributed by atoms with E-state index in [1.807, 2.05) is 30.3 Å². The lowest BCUT2D eigenvalue weighted by atomic mass is 9.89. The highest BCUT2D eigenvalue weighted by molar-refractivity contribution is 5.13. The zero-order valence-corrected chi connectivity index (χ0v) is 12.0. The van der Waals surface area contributed by atoms with Crippen LogP contribution in [0.4, 0.5) is 0 Å². The maximum atomic E-state index is 10.1. The molecular formula is C15H22O5. The molecule has 1 saturated heterocycles. The third-order valence-electron chi connectivity index (χ3n) is 3.56. The van der Waals surface area contributed by atoms with Crippen LogP contribution in [0.1, 0.15) is 19.4 Å². The third kappa shape index (κ3) is 3.19. The van der Waals surface area contributed by atoms with Gasteiger partial charge in [0.25, 0.3) is 0 Å². The van der Waals surface area contributed by atoms with E-state index in [9.17, 15) is 10.2 Å². The Balaban J connectivity index is 2.02. The van der Waals surface area contributed by atoms with Gasteiger partial charge in [-0.15, -0.1) is 0 Å². The fourth-order valence-electron chi connectivity index (χ4n) is 2.50. The summed E-state index contributed by atoms with van der Waals surface area (Å²) < 4.78 is 16.5. The van der Waals surface area contributed by atoms with Crippen LogP contribution < -0.4 is 0 Å².